The molecule has 1 aromatic carbocycles. The summed E-state index contributed by atoms with van der Waals surface area (Å²) < 4.78 is 0. The maximum atomic E-state index is 6.51. The molecule has 0 nitrogen and oxygen atoms in total. The van der Waals surface area contributed by atoms with Crippen molar-refractivity contribution in [1.82, 2.24) is 0 Å². The van der Waals surface area contributed by atoms with Gasteiger partial charge >= 0.3 is 0 Å². The van der Waals surface area contributed by atoms with Crippen molar-refractivity contribution in [3.05, 3.63) is 57.8 Å². The van der Waals surface area contributed by atoms with Crippen LogP contribution in [0.1, 0.15) is 41.5 Å². The Balaban J connectivity index is 2.10. The molecule has 1 atom stereocenters. The molecule has 2 aromatic rings. The minimum absolute atomic E-state index is 0.0773. The van der Waals surface area contributed by atoms with Crippen LogP contribution < -0.4 is 0 Å². The monoisotopic (exact) mass is 278 g/mol. The van der Waals surface area contributed by atoms with Crippen molar-refractivity contribution in [1.29, 1.82) is 0 Å². The molecule has 0 amide bonds. The van der Waals surface area contributed by atoms with E-state index in [-0.39, 0.29) is 10.8 Å². The van der Waals surface area contributed by atoms with Crippen LogP contribution in [0.3, 0.4) is 0 Å². The van der Waals surface area contributed by atoms with Crippen LogP contribution in [0, 0.1) is 0 Å². The lowest BCUT2D eigenvalue weighted by molar-refractivity contribution is 0.604. The Labute approximate surface area is 119 Å². The molecule has 0 saturated heterocycles. The first-order valence-electron chi connectivity index (χ1n) is 6.25. The van der Waals surface area contributed by atoms with Gasteiger partial charge in [-0.3, -0.25) is 0 Å². The third-order valence-corrected chi connectivity index (χ3v) is 5.08. The lowest BCUT2D eigenvalue weighted by Crippen LogP contribution is -2.07. The van der Waals surface area contributed by atoms with E-state index in [4.69, 9.17) is 11.6 Å². The molecule has 18 heavy (non-hydrogen) atoms. The van der Waals surface area contributed by atoms with Gasteiger partial charge in [0.25, 0.3) is 0 Å². The molecular formula is C16H19ClS. The van der Waals surface area contributed by atoms with Gasteiger partial charge in [-0.2, -0.15) is 0 Å². The van der Waals surface area contributed by atoms with Gasteiger partial charge in [-0.25, -0.2) is 0 Å². The second kappa shape index (κ2) is 5.46. The topological polar surface area (TPSA) is 0 Å². The molecule has 0 N–H and O–H groups in total. The molecule has 96 valence electrons. The quantitative estimate of drug-likeness (QED) is 0.644. The zero-order chi connectivity index (χ0) is 13.2. The smallest absolute Gasteiger partial charge is 0.0718 e. The van der Waals surface area contributed by atoms with Gasteiger partial charge in [-0.05, 0) is 29.5 Å². The standard InChI is InChI=1S/C16H19ClS/c1-16(2,3)15-10-9-14(18-15)13(17)11-12-7-5-4-6-8-12/h4-10,13H,11H2,1-3H3. The van der Waals surface area contributed by atoms with Crippen LogP contribution in [0.15, 0.2) is 42.5 Å². The second-order valence-corrected chi connectivity index (χ2v) is 7.25. The third kappa shape index (κ3) is 3.37. The summed E-state index contributed by atoms with van der Waals surface area (Å²) in [6.07, 6.45) is 0.895. The van der Waals surface area contributed by atoms with Gasteiger partial charge in [0.2, 0.25) is 0 Å². The van der Waals surface area contributed by atoms with Gasteiger partial charge in [0.15, 0.2) is 0 Å². The Hall–Kier alpha value is -0.790. The summed E-state index contributed by atoms with van der Waals surface area (Å²) in [4.78, 5) is 2.67. The molecule has 2 heteroatoms. The van der Waals surface area contributed by atoms with Crippen molar-refractivity contribution < 1.29 is 0 Å². The van der Waals surface area contributed by atoms with E-state index in [9.17, 15) is 0 Å². The molecule has 0 aliphatic carbocycles. The van der Waals surface area contributed by atoms with Crippen molar-refractivity contribution in [3.63, 3.8) is 0 Å². The summed E-state index contributed by atoms with van der Waals surface area (Å²) in [5, 5.41) is 0.0773. The Morgan fingerprint density at radius 1 is 1.06 bits per heavy atom. The van der Waals surface area contributed by atoms with E-state index >= 15 is 0 Å². The molecular weight excluding hydrogens is 260 g/mol. The van der Waals surface area contributed by atoms with Crippen LogP contribution in [0.5, 0.6) is 0 Å². The average molecular weight is 279 g/mol. The minimum Gasteiger partial charge on any atom is -0.143 e. The number of alkyl halides is 1. The van der Waals surface area contributed by atoms with E-state index in [2.05, 4.69) is 57.2 Å². The van der Waals surface area contributed by atoms with Crippen LogP contribution in [0.4, 0.5) is 0 Å². The highest BCUT2D eigenvalue weighted by Crippen LogP contribution is 2.35. The lowest BCUT2D eigenvalue weighted by atomic mass is 9.95. The van der Waals surface area contributed by atoms with Crippen LogP contribution in [0.25, 0.3) is 0 Å². The van der Waals surface area contributed by atoms with Crippen molar-refractivity contribution in [2.45, 2.75) is 38.0 Å². The van der Waals surface area contributed by atoms with E-state index in [0.29, 0.717) is 0 Å². The number of benzene rings is 1. The van der Waals surface area contributed by atoms with Gasteiger partial charge in [0, 0.05) is 9.75 Å². The van der Waals surface area contributed by atoms with Gasteiger partial charge in [0.05, 0.1) is 5.38 Å². The van der Waals surface area contributed by atoms with E-state index in [1.165, 1.54) is 15.3 Å². The minimum atomic E-state index is 0.0773. The fourth-order valence-corrected chi connectivity index (χ4v) is 3.27. The van der Waals surface area contributed by atoms with Crippen LogP contribution >= 0.6 is 22.9 Å². The zero-order valence-electron chi connectivity index (χ0n) is 11.1. The van der Waals surface area contributed by atoms with Gasteiger partial charge < -0.3 is 0 Å². The van der Waals surface area contributed by atoms with E-state index in [1.807, 2.05) is 17.4 Å². The molecule has 1 heterocycles. The molecule has 2 rings (SSSR count). The van der Waals surface area contributed by atoms with Crippen LogP contribution in [-0.4, -0.2) is 0 Å². The molecule has 0 aliphatic heterocycles. The summed E-state index contributed by atoms with van der Waals surface area (Å²) in [6, 6.07) is 14.8. The highest BCUT2D eigenvalue weighted by molar-refractivity contribution is 7.12. The van der Waals surface area contributed by atoms with Crippen LogP contribution in [0.2, 0.25) is 0 Å². The SMILES string of the molecule is CC(C)(C)c1ccc(C(Cl)Cc2ccccc2)s1. The molecule has 0 fully saturated rings. The van der Waals surface area contributed by atoms with E-state index in [0.717, 1.165) is 6.42 Å². The van der Waals surface area contributed by atoms with E-state index < -0.39 is 0 Å². The molecule has 0 saturated carbocycles. The Morgan fingerprint density at radius 3 is 2.28 bits per heavy atom. The second-order valence-electron chi connectivity index (χ2n) is 5.61. The summed E-state index contributed by atoms with van der Waals surface area (Å²) >= 11 is 8.35. The molecule has 0 radical (unpaired) electrons. The predicted octanol–water partition coefficient (Wildman–Crippen LogP) is 5.57. The Morgan fingerprint density at radius 2 is 1.72 bits per heavy atom. The van der Waals surface area contributed by atoms with Gasteiger partial charge in [-0.15, -0.1) is 22.9 Å². The molecule has 0 bridgehead atoms. The first kappa shape index (κ1) is 13.6. The maximum absolute atomic E-state index is 6.51. The average Bonchev–Trinajstić information content (AvgIpc) is 2.79. The first-order chi connectivity index (χ1) is 8.47. The normalized spacial score (nSPS) is 13.6. The number of hydrogen-bond acceptors (Lipinski definition) is 1. The highest BCUT2D eigenvalue weighted by Gasteiger charge is 2.18. The van der Waals surface area contributed by atoms with Crippen molar-refractivity contribution in [2.24, 2.45) is 0 Å². The van der Waals surface area contributed by atoms with E-state index in [1.54, 1.807) is 0 Å². The zero-order valence-corrected chi connectivity index (χ0v) is 12.7. The summed E-state index contributed by atoms with van der Waals surface area (Å²) in [6.45, 7) is 6.72. The van der Waals surface area contributed by atoms with Crippen molar-refractivity contribution in [2.75, 3.05) is 0 Å². The summed E-state index contributed by atoms with van der Waals surface area (Å²) in [5.41, 5.74) is 1.51. The molecule has 1 unspecified atom stereocenters. The number of hydrogen-bond donors (Lipinski definition) is 0. The fourth-order valence-electron chi connectivity index (χ4n) is 1.85. The third-order valence-electron chi connectivity index (χ3n) is 2.93. The largest absolute Gasteiger partial charge is 0.143 e. The summed E-state index contributed by atoms with van der Waals surface area (Å²) in [5.74, 6) is 0. The molecule has 0 aliphatic rings. The van der Waals surface area contributed by atoms with Crippen LogP contribution in [-0.2, 0) is 11.8 Å². The first-order valence-corrected chi connectivity index (χ1v) is 7.50. The Bertz CT molecular complexity index is 493. The predicted molar refractivity (Wildman–Crippen MR) is 81.8 cm³/mol. The fraction of sp³-hybridized carbons (Fsp3) is 0.375. The number of halogens is 1. The lowest BCUT2D eigenvalue weighted by Gasteiger charge is -2.15. The maximum Gasteiger partial charge on any atom is 0.0718 e. The van der Waals surface area contributed by atoms with Crippen molar-refractivity contribution >= 4 is 22.9 Å². The highest BCUT2D eigenvalue weighted by atomic mass is 35.5. The van der Waals surface area contributed by atoms with Gasteiger partial charge in [-0.1, -0.05) is 51.1 Å². The molecule has 1 aromatic heterocycles. The van der Waals surface area contributed by atoms with Crippen molar-refractivity contribution in [3.8, 4) is 0 Å². The number of rotatable bonds is 3. The Kier molecular flexibility index (Phi) is 4.14. The van der Waals surface area contributed by atoms with Gasteiger partial charge in [0.1, 0.15) is 0 Å². The number of thiophene rings is 1. The molecule has 0 spiro atoms. The summed E-state index contributed by atoms with van der Waals surface area (Å²) in [7, 11) is 0.